The quantitative estimate of drug-likeness (QED) is 0.0597. The molecule has 0 aromatic heterocycles. The average molecular weight is 678 g/mol. The van der Waals surface area contributed by atoms with Gasteiger partial charge < -0.3 is 10.2 Å². The Hall–Kier alpha value is -3.69. The van der Waals surface area contributed by atoms with E-state index in [0.29, 0.717) is 11.1 Å². The number of hydrogen-bond acceptors (Lipinski definition) is 4. The molecule has 0 aliphatic heterocycles. The van der Waals surface area contributed by atoms with Gasteiger partial charge >= 0.3 is 16.5 Å². The van der Waals surface area contributed by atoms with Crippen LogP contribution in [0.2, 0.25) is 0 Å². The van der Waals surface area contributed by atoms with E-state index in [-0.39, 0.29) is 50.7 Å². The third-order valence-corrected chi connectivity index (χ3v) is 8.29. The Bertz CT molecular complexity index is 1350. The minimum Gasteiger partial charge on any atom is -0.872 e. The summed E-state index contributed by atoms with van der Waals surface area (Å²) in [5.41, 5.74) is 3.73. The van der Waals surface area contributed by atoms with Crippen molar-refractivity contribution in [1.29, 1.82) is 0 Å². The van der Waals surface area contributed by atoms with Gasteiger partial charge in [-0.15, -0.1) is 0 Å². The zero-order chi connectivity index (χ0) is 33.0. The van der Waals surface area contributed by atoms with E-state index in [0.717, 1.165) is 36.8 Å². The summed E-state index contributed by atoms with van der Waals surface area (Å²) >= 11 is 0. The third-order valence-electron chi connectivity index (χ3n) is 8.29. The summed E-state index contributed by atoms with van der Waals surface area (Å²) in [6.07, 6.45) is 16.7. The van der Waals surface area contributed by atoms with Crippen molar-refractivity contribution in [2.24, 2.45) is 0 Å². The zero-order valence-electron chi connectivity index (χ0n) is 28.1. The van der Waals surface area contributed by atoms with E-state index in [1.165, 1.54) is 64.2 Å². The van der Waals surface area contributed by atoms with E-state index in [2.05, 4.69) is 13.8 Å². The molecule has 0 saturated carbocycles. The molecule has 0 heterocycles. The summed E-state index contributed by atoms with van der Waals surface area (Å²) in [7, 11) is 0. The van der Waals surface area contributed by atoms with Gasteiger partial charge in [-0.2, -0.15) is 0 Å². The number of carbonyl (C=O) groups is 2. The molecule has 0 saturated heterocycles. The Morgan fingerprint density at radius 3 is 1.15 bits per heavy atom. The van der Waals surface area contributed by atoms with Crippen molar-refractivity contribution in [3.63, 3.8) is 0 Å². The van der Waals surface area contributed by atoms with Gasteiger partial charge in [-0.3, -0.25) is 9.59 Å². The van der Waals surface area contributed by atoms with Gasteiger partial charge in [0.15, 0.2) is 11.6 Å². The number of carbonyl (C=O) groups excluding carboxylic acids is 2. The summed E-state index contributed by atoms with van der Waals surface area (Å²) in [6.45, 7) is 4.43. The van der Waals surface area contributed by atoms with Gasteiger partial charge in [-0.05, 0) is 36.8 Å². The molecule has 4 aromatic rings. The molecule has 0 aliphatic rings. The fourth-order valence-electron chi connectivity index (χ4n) is 5.53. The molecule has 4 rings (SSSR count). The van der Waals surface area contributed by atoms with Crippen LogP contribution < -0.4 is 10.2 Å². The van der Waals surface area contributed by atoms with Gasteiger partial charge in [0, 0.05) is 22.3 Å². The number of rotatable bonds is 18. The van der Waals surface area contributed by atoms with Crippen molar-refractivity contribution in [3.8, 4) is 11.5 Å². The molecular weight excluding hydrogens is 627 g/mol. The molecule has 0 fully saturated rings. The Kier molecular flexibility index (Phi) is 19.1. The van der Waals surface area contributed by atoms with Crippen molar-refractivity contribution < 1.29 is 36.3 Å². The van der Waals surface area contributed by atoms with E-state index < -0.39 is 0 Å². The standard InChI is InChI=1S/2C21H26O2.Ni/c2*1-2-3-4-5-6-8-11-17-14-15-19(20(22)16-17)21(23)18-12-9-7-10-13-18;/h2*7,9-10,12-16,22H,2-6,8,11H2,1H3;/q;;+2/p-2. The predicted molar refractivity (Wildman–Crippen MR) is 186 cm³/mol. The van der Waals surface area contributed by atoms with Crippen molar-refractivity contribution in [3.05, 3.63) is 130 Å². The van der Waals surface area contributed by atoms with E-state index in [1.54, 1.807) is 48.5 Å². The van der Waals surface area contributed by atoms with E-state index in [1.807, 2.05) is 48.5 Å². The Morgan fingerprint density at radius 2 is 0.809 bits per heavy atom. The van der Waals surface area contributed by atoms with Crippen molar-refractivity contribution in [2.75, 3.05) is 0 Å². The maximum atomic E-state index is 12.3. The number of ketones is 2. The second-order valence-corrected chi connectivity index (χ2v) is 12.1. The molecule has 252 valence electrons. The fourth-order valence-corrected chi connectivity index (χ4v) is 5.53. The summed E-state index contributed by atoms with van der Waals surface area (Å²) in [4.78, 5) is 24.7. The zero-order valence-corrected chi connectivity index (χ0v) is 29.1. The predicted octanol–water partition coefficient (Wildman–Crippen LogP) is 9.79. The van der Waals surface area contributed by atoms with Crippen molar-refractivity contribution in [1.82, 2.24) is 0 Å². The van der Waals surface area contributed by atoms with Crippen LogP contribution in [0.3, 0.4) is 0 Å². The average Bonchev–Trinajstić information content (AvgIpc) is 3.08. The maximum absolute atomic E-state index is 12.3. The van der Waals surface area contributed by atoms with Crippen LogP contribution in [0, 0.1) is 0 Å². The van der Waals surface area contributed by atoms with Crippen molar-refractivity contribution in [2.45, 2.75) is 104 Å². The summed E-state index contributed by atoms with van der Waals surface area (Å²) < 4.78 is 0. The molecule has 4 nitrogen and oxygen atoms in total. The molecule has 47 heavy (non-hydrogen) atoms. The van der Waals surface area contributed by atoms with Gasteiger partial charge in [-0.1, -0.05) is 187 Å². The Morgan fingerprint density at radius 1 is 0.468 bits per heavy atom. The fraction of sp³-hybridized carbons (Fsp3) is 0.381. The normalized spacial score (nSPS) is 10.4. The van der Waals surface area contributed by atoms with Gasteiger partial charge in [0.25, 0.3) is 0 Å². The minimum atomic E-state index is -0.193. The third kappa shape index (κ3) is 13.9. The summed E-state index contributed by atoms with van der Waals surface area (Å²) in [6, 6.07) is 28.4. The number of benzene rings is 4. The first kappa shape index (κ1) is 39.5. The molecular formula is C42H50NiO4. The van der Waals surface area contributed by atoms with Gasteiger partial charge in [0.1, 0.15) is 0 Å². The Balaban J connectivity index is 0.000000320. The van der Waals surface area contributed by atoms with Gasteiger partial charge in [0.05, 0.1) is 0 Å². The largest absolute Gasteiger partial charge is 2.00 e. The maximum Gasteiger partial charge on any atom is 2.00 e. The molecule has 0 bridgehead atoms. The molecule has 0 aliphatic carbocycles. The monoisotopic (exact) mass is 676 g/mol. The van der Waals surface area contributed by atoms with Crippen molar-refractivity contribution >= 4 is 11.6 Å². The molecule has 0 amide bonds. The first-order chi connectivity index (χ1) is 22.4. The number of unbranched alkanes of at least 4 members (excludes halogenated alkanes) is 10. The molecule has 0 unspecified atom stereocenters. The Labute approximate surface area is 292 Å². The second-order valence-electron chi connectivity index (χ2n) is 12.1. The molecule has 0 atom stereocenters. The van der Waals surface area contributed by atoms with Crippen LogP contribution in [-0.2, 0) is 29.3 Å². The SMILES string of the molecule is CCCCCCCCc1ccc(C(=O)c2ccccc2)c([O-])c1.CCCCCCCCc1ccc(C(=O)c2ccccc2)c([O-])c1.[Ni+2]. The van der Waals surface area contributed by atoms with E-state index in [9.17, 15) is 19.8 Å². The number of hydrogen-bond donors (Lipinski definition) is 0. The van der Waals surface area contributed by atoms with Gasteiger partial charge in [-0.25, -0.2) is 0 Å². The molecule has 0 radical (unpaired) electrons. The smallest absolute Gasteiger partial charge is 0.872 e. The van der Waals surface area contributed by atoms with Crippen LogP contribution in [0.15, 0.2) is 97.1 Å². The molecule has 0 spiro atoms. The number of aryl methyl sites for hydroxylation is 2. The molecule has 5 heteroatoms. The molecule has 4 aromatic carbocycles. The first-order valence-corrected chi connectivity index (χ1v) is 17.2. The summed E-state index contributed by atoms with van der Waals surface area (Å²) in [5.74, 6) is -0.715. The van der Waals surface area contributed by atoms with Gasteiger partial charge in [0.2, 0.25) is 0 Å². The van der Waals surface area contributed by atoms with Crippen LogP contribution in [-0.4, -0.2) is 11.6 Å². The van der Waals surface area contributed by atoms with Crippen LogP contribution in [0.1, 0.15) is 134 Å². The first-order valence-electron chi connectivity index (χ1n) is 17.2. The second kappa shape index (κ2) is 22.8. The van der Waals surface area contributed by atoms with Crippen LogP contribution >= 0.6 is 0 Å². The van der Waals surface area contributed by atoms with Crippen LogP contribution in [0.4, 0.5) is 0 Å². The van der Waals surface area contributed by atoms with E-state index in [4.69, 9.17) is 0 Å². The minimum absolute atomic E-state index is 0. The summed E-state index contributed by atoms with van der Waals surface area (Å²) in [5, 5.41) is 24.4. The topological polar surface area (TPSA) is 80.3 Å². The molecule has 0 N–H and O–H groups in total. The van der Waals surface area contributed by atoms with Crippen LogP contribution in [0.25, 0.3) is 0 Å². The van der Waals surface area contributed by atoms with E-state index >= 15 is 0 Å². The van der Waals surface area contributed by atoms with Crippen LogP contribution in [0.5, 0.6) is 11.5 Å².